The highest BCUT2D eigenvalue weighted by atomic mass is 33.1. The number of thiol groups is 1. The van der Waals surface area contributed by atoms with Crippen molar-refractivity contribution in [3.8, 4) is 0 Å². The number of hydrogen-bond acceptors (Lipinski definition) is 4. The molecule has 0 unspecified atom stereocenters. The molecule has 0 radical (unpaired) electrons. The predicted octanol–water partition coefficient (Wildman–Crippen LogP) is 1.18. The normalized spacial score (nSPS) is 10.0. The Morgan fingerprint density at radius 2 is 2.67 bits per heavy atom. The maximum Gasteiger partial charge on any atom is 0.0836 e. The van der Waals surface area contributed by atoms with Crippen molar-refractivity contribution in [1.29, 1.82) is 0 Å². The first-order valence-electron chi connectivity index (χ1n) is 2.60. The molecule has 1 heterocycles. The average molecular weight is 161 g/mol. The van der Waals surface area contributed by atoms with Gasteiger partial charge in [0.1, 0.15) is 0 Å². The largest absolute Gasteiger partial charge is 0.183 e. The van der Waals surface area contributed by atoms with E-state index in [1.807, 2.05) is 13.1 Å². The predicted molar refractivity (Wildman–Crippen MR) is 41.4 cm³/mol. The molecule has 9 heavy (non-hydrogen) atoms. The zero-order valence-electron chi connectivity index (χ0n) is 4.98. The van der Waals surface area contributed by atoms with Crippen molar-refractivity contribution < 1.29 is 0 Å². The van der Waals surface area contributed by atoms with Crippen molar-refractivity contribution in [1.82, 2.24) is 14.4 Å². The Morgan fingerprint density at radius 3 is 3.00 bits per heavy atom. The molecular formula is C4H7N3S2. The fraction of sp³-hybridized carbons (Fsp3) is 0.500. The van der Waals surface area contributed by atoms with Crippen molar-refractivity contribution in [2.24, 2.45) is 0 Å². The van der Waals surface area contributed by atoms with E-state index in [0.29, 0.717) is 0 Å². The molecule has 1 rings (SSSR count). The van der Waals surface area contributed by atoms with Gasteiger partial charge in [-0.05, 0) is 6.42 Å². The van der Waals surface area contributed by atoms with Gasteiger partial charge in [0.05, 0.1) is 11.9 Å². The third kappa shape index (κ3) is 1.62. The Hall–Kier alpha value is -0.160. The third-order valence-corrected chi connectivity index (χ3v) is 1.81. The maximum atomic E-state index is 3.94. The summed E-state index contributed by atoms with van der Waals surface area (Å²) in [7, 11) is 1.24. The highest BCUT2D eigenvalue weighted by molar-refractivity contribution is 8.67. The van der Waals surface area contributed by atoms with Crippen LogP contribution in [0.25, 0.3) is 0 Å². The van der Waals surface area contributed by atoms with E-state index in [1.165, 1.54) is 11.0 Å². The van der Waals surface area contributed by atoms with Crippen LogP contribution < -0.4 is 0 Å². The molecule has 1 aromatic rings. The third-order valence-electron chi connectivity index (χ3n) is 0.967. The highest BCUT2D eigenvalue weighted by Crippen LogP contribution is 2.07. The van der Waals surface area contributed by atoms with Gasteiger partial charge in [0.2, 0.25) is 0 Å². The molecule has 0 saturated heterocycles. The molecule has 0 spiro atoms. The van der Waals surface area contributed by atoms with E-state index in [1.54, 1.807) is 4.09 Å². The molecular weight excluding hydrogens is 154 g/mol. The molecule has 0 aliphatic rings. The number of hydrogen-bond donors (Lipinski definition) is 1. The van der Waals surface area contributed by atoms with Crippen LogP contribution in [0, 0.1) is 0 Å². The average Bonchev–Trinajstić information content (AvgIpc) is 2.34. The Labute approximate surface area is 62.8 Å². The van der Waals surface area contributed by atoms with Gasteiger partial charge in [0.25, 0.3) is 0 Å². The second-order valence-corrected chi connectivity index (χ2v) is 2.57. The second-order valence-electron chi connectivity index (χ2n) is 1.55. The molecule has 0 N–H and O–H groups in total. The molecule has 0 saturated carbocycles. The lowest BCUT2D eigenvalue weighted by Gasteiger charge is -1.83. The van der Waals surface area contributed by atoms with Crippen LogP contribution >= 0.6 is 22.6 Å². The summed E-state index contributed by atoms with van der Waals surface area (Å²) in [6.07, 6.45) is 2.78. The molecule has 1 aromatic heterocycles. The first kappa shape index (κ1) is 6.95. The molecule has 3 nitrogen and oxygen atoms in total. The molecule has 0 bridgehead atoms. The Kier molecular flexibility index (Phi) is 2.41. The summed E-state index contributed by atoms with van der Waals surface area (Å²) >= 11 is 3.94. The minimum atomic E-state index is 0.925. The van der Waals surface area contributed by atoms with E-state index in [4.69, 9.17) is 0 Å². The van der Waals surface area contributed by atoms with Crippen molar-refractivity contribution in [3.05, 3.63) is 11.9 Å². The van der Waals surface area contributed by atoms with Gasteiger partial charge in [-0.25, -0.2) is 0 Å². The Morgan fingerprint density at radius 1 is 1.89 bits per heavy atom. The van der Waals surface area contributed by atoms with E-state index in [-0.39, 0.29) is 0 Å². The van der Waals surface area contributed by atoms with Crippen molar-refractivity contribution in [2.75, 3.05) is 0 Å². The number of nitrogens with zero attached hydrogens (tertiary/aromatic N) is 3. The van der Waals surface area contributed by atoms with E-state index in [2.05, 4.69) is 22.0 Å². The van der Waals surface area contributed by atoms with Gasteiger partial charge >= 0.3 is 0 Å². The van der Waals surface area contributed by atoms with Crippen LogP contribution in [0.5, 0.6) is 0 Å². The lowest BCUT2D eigenvalue weighted by Crippen LogP contribution is -1.80. The van der Waals surface area contributed by atoms with Gasteiger partial charge in [-0.3, -0.25) is 0 Å². The fourth-order valence-corrected chi connectivity index (χ4v) is 0.960. The van der Waals surface area contributed by atoms with Crippen LogP contribution in [0.3, 0.4) is 0 Å². The van der Waals surface area contributed by atoms with Gasteiger partial charge < -0.3 is 0 Å². The molecule has 50 valence electrons. The zero-order chi connectivity index (χ0) is 6.69. The van der Waals surface area contributed by atoms with Crippen LogP contribution in [0.4, 0.5) is 0 Å². The number of rotatable bonds is 2. The fourth-order valence-electron chi connectivity index (χ4n) is 0.483. The zero-order valence-corrected chi connectivity index (χ0v) is 6.69. The van der Waals surface area contributed by atoms with Crippen LogP contribution in [0.1, 0.15) is 12.6 Å². The van der Waals surface area contributed by atoms with Crippen LogP contribution in [0.15, 0.2) is 6.20 Å². The Bertz CT molecular complexity index is 167. The molecule has 0 atom stereocenters. The standard InChI is InChI=1S/C4H7N3S2/c1-2-4-3-7(9-8)6-5-4/h3,8H,2H2,1H3. The minimum absolute atomic E-state index is 0.925. The second kappa shape index (κ2) is 3.12. The van der Waals surface area contributed by atoms with Gasteiger partial charge in [-0.1, -0.05) is 23.8 Å². The topological polar surface area (TPSA) is 30.7 Å². The SMILES string of the molecule is CCc1cn(SS)nn1. The maximum absolute atomic E-state index is 3.94. The van der Waals surface area contributed by atoms with Crippen LogP contribution in [0.2, 0.25) is 0 Å². The quantitative estimate of drug-likeness (QED) is 0.522. The van der Waals surface area contributed by atoms with Gasteiger partial charge in [0, 0.05) is 11.0 Å². The molecule has 0 aliphatic heterocycles. The minimum Gasteiger partial charge on any atom is -0.183 e. The van der Waals surface area contributed by atoms with E-state index >= 15 is 0 Å². The lowest BCUT2D eigenvalue weighted by atomic mass is 10.4. The molecule has 0 fully saturated rings. The van der Waals surface area contributed by atoms with Gasteiger partial charge in [-0.2, -0.15) is 4.09 Å². The summed E-state index contributed by atoms with van der Waals surface area (Å²) in [6.45, 7) is 2.04. The monoisotopic (exact) mass is 161 g/mol. The summed E-state index contributed by atoms with van der Waals surface area (Å²) in [5.74, 6) is 0. The van der Waals surface area contributed by atoms with Gasteiger partial charge in [0.15, 0.2) is 0 Å². The lowest BCUT2D eigenvalue weighted by molar-refractivity contribution is 0.877. The summed E-state index contributed by atoms with van der Waals surface area (Å²) in [6, 6.07) is 0. The van der Waals surface area contributed by atoms with E-state index < -0.39 is 0 Å². The summed E-state index contributed by atoms with van der Waals surface area (Å²) in [4.78, 5) is 0. The first-order chi connectivity index (χ1) is 4.36. The molecule has 0 amide bonds. The highest BCUT2D eigenvalue weighted by Gasteiger charge is 1.94. The number of aryl methyl sites for hydroxylation is 1. The summed E-state index contributed by atoms with van der Waals surface area (Å²) in [5, 5.41) is 7.61. The van der Waals surface area contributed by atoms with Crippen LogP contribution in [-0.2, 0) is 6.42 Å². The molecule has 5 heteroatoms. The van der Waals surface area contributed by atoms with E-state index in [0.717, 1.165) is 12.1 Å². The number of aromatic nitrogens is 3. The smallest absolute Gasteiger partial charge is 0.0836 e. The van der Waals surface area contributed by atoms with Gasteiger partial charge in [-0.15, -0.1) is 5.10 Å². The van der Waals surface area contributed by atoms with Crippen LogP contribution in [-0.4, -0.2) is 14.4 Å². The van der Waals surface area contributed by atoms with Crippen molar-refractivity contribution in [3.63, 3.8) is 0 Å². The summed E-state index contributed by atoms with van der Waals surface area (Å²) < 4.78 is 1.61. The van der Waals surface area contributed by atoms with E-state index in [9.17, 15) is 0 Å². The first-order valence-corrected chi connectivity index (χ1v) is 4.42. The Balaban J connectivity index is 2.74. The summed E-state index contributed by atoms with van der Waals surface area (Å²) in [5.41, 5.74) is 0.997. The molecule has 0 aliphatic carbocycles. The molecule has 0 aromatic carbocycles. The van der Waals surface area contributed by atoms with Crippen molar-refractivity contribution >= 4 is 22.6 Å². The van der Waals surface area contributed by atoms with Crippen molar-refractivity contribution in [2.45, 2.75) is 13.3 Å².